The molecular formula is C40H40N4O11S. The number of fused-ring (bicyclic) bond motifs is 8. The molecule has 1 unspecified atom stereocenters. The molecule has 16 heteroatoms. The minimum absolute atomic E-state index is 0.0273. The standard InChI is InChI=1S/C40H40N4O11S/c1-16-32(47)20-10-22-23(12-41)44-24-13-52-39(49)40(21-11-26(50-5)25(46)9-19(21)7-8-42-40)14-56-38(31(44)30(43(22)4)27(20)33(48)35(16)51-6)29-28(24)37-36(53-15-54-37)17(2)34(29)55-18(3)45/h9,11,22-24,30-31,38,42,46H,7-8,10,13-15H2,1-6H3/t22-,23-,24+,30+,31?,38+,40+/m0/s1. The van der Waals surface area contributed by atoms with Crippen molar-refractivity contribution in [3.05, 3.63) is 62.4 Å². The zero-order chi connectivity index (χ0) is 39.5. The fourth-order valence-electron chi connectivity index (χ4n) is 10.2. The fraction of sp³-hybridized carbons (Fsp3) is 0.475. The van der Waals surface area contributed by atoms with E-state index in [0.717, 1.165) is 5.56 Å². The second-order valence-corrected chi connectivity index (χ2v) is 16.3. The first kappa shape index (κ1) is 36.6. The molecule has 56 heavy (non-hydrogen) atoms. The Balaban J connectivity index is 1.33. The van der Waals surface area contributed by atoms with E-state index in [9.17, 15) is 29.5 Å². The van der Waals surface area contributed by atoms with Gasteiger partial charge in [0, 0.05) is 64.7 Å². The number of Topliss-reactive ketones (excluding diaryl/α,β-unsaturated/α-hetero) is 2. The molecule has 0 amide bonds. The van der Waals surface area contributed by atoms with Crippen molar-refractivity contribution in [1.29, 1.82) is 5.26 Å². The van der Waals surface area contributed by atoms with Gasteiger partial charge < -0.3 is 33.5 Å². The number of carbonyl (C=O) groups excluding carboxylic acids is 4. The smallest absolute Gasteiger partial charge is 0.331 e. The Bertz CT molecular complexity index is 2280. The van der Waals surface area contributed by atoms with E-state index < -0.39 is 58.7 Å². The first-order valence-electron chi connectivity index (χ1n) is 18.4. The van der Waals surface area contributed by atoms with Crippen LogP contribution >= 0.6 is 11.8 Å². The normalized spacial score (nSPS) is 30.6. The minimum atomic E-state index is -1.43. The molecule has 7 aliphatic heterocycles. The number of carbonyl (C=O) groups is 4. The summed E-state index contributed by atoms with van der Waals surface area (Å²) in [5.41, 5.74) is 2.47. The second kappa shape index (κ2) is 13.0. The summed E-state index contributed by atoms with van der Waals surface area (Å²) >= 11 is 1.39. The number of esters is 2. The monoisotopic (exact) mass is 784 g/mol. The van der Waals surface area contributed by atoms with Crippen LogP contribution in [0.5, 0.6) is 28.7 Å². The number of allylic oxidation sites excluding steroid dienone is 2. The van der Waals surface area contributed by atoms with Crippen LogP contribution in [0.2, 0.25) is 0 Å². The first-order valence-corrected chi connectivity index (χ1v) is 19.5. The van der Waals surface area contributed by atoms with Gasteiger partial charge in [0.25, 0.3) is 0 Å². The van der Waals surface area contributed by atoms with Gasteiger partial charge in [-0.15, -0.1) is 11.8 Å². The summed E-state index contributed by atoms with van der Waals surface area (Å²) in [6, 6.07) is 2.11. The van der Waals surface area contributed by atoms with Crippen LogP contribution < -0.4 is 24.3 Å². The molecule has 2 saturated heterocycles. The fourth-order valence-corrected chi connectivity index (χ4v) is 11.9. The van der Waals surface area contributed by atoms with Gasteiger partial charge in [0.1, 0.15) is 18.4 Å². The zero-order valence-electron chi connectivity index (χ0n) is 31.6. The number of benzene rings is 2. The number of hydrogen-bond acceptors (Lipinski definition) is 16. The minimum Gasteiger partial charge on any atom is -0.504 e. The van der Waals surface area contributed by atoms with Crippen molar-refractivity contribution < 1.29 is 52.7 Å². The van der Waals surface area contributed by atoms with Crippen LogP contribution in [0.3, 0.4) is 0 Å². The Hall–Kier alpha value is -5.08. The number of thioether (sulfide) groups is 1. The number of nitriles is 1. The highest BCUT2D eigenvalue weighted by Crippen LogP contribution is 2.63. The average molecular weight is 785 g/mol. The number of nitrogens with zero attached hydrogens (tertiary/aromatic N) is 3. The number of likely N-dealkylation sites (N-methyl/N-ethyl adjacent to an activating group) is 1. The van der Waals surface area contributed by atoms with Gasteiger partial charge in [-0.05, 0) is 57.0 Å². The van der Waals surface area contributed by atoms with Gasteiger partial charge >= 0.3 is 11.9 Å². The van der Waals surface area contributed by atoms with Crippen molar-refractivity contribution in [3.8, 4) is 34.8 Å². The molecule has 1 spiro atoms. The first-order chi connectivity index (χ1) is 26.9. The summed E-state index contributed by atoms with van der Waals surface area (Å²) in [4.78, 5) is 60.3. The van der Waals surface area contributed by atoms with Crippen molar-refractivity contribution in [1.82, 2.24) is 15.1 Å². The third kappa shape index (κ3) is 4.80. The van der Waals surface area contributed by atoms with E-state index in [1.807, 2.05) is 16.8 Å². The summed E-state index contributed by atoms with van der Waals surface area (Å²) in [7, 11) is 4.67. The summed E-state index contributed by atoms with van der Waals surface area (Å²) in [6.45, 7) is 4.71. The lowest BCUT2D eigenvalue weighted by Gasteiger charge is -2.62. The lowest BCUT2D eigenvalue weighted by atomic mass is 9.68. The SMILES string of the molecule is COC1=C(C)C(=O)C2=C(C1=O)[C@@H]1C3[C@@H]4SC[C@]5(NCCc6cc(O)c(OC)cc65)C(=O)OC[C@H](c5c6c(c(C)c(OC(C)=O)c54)OCO6)N3[C@@H](C#N)[C@H](C2)N1C. The number of rotatable bonds is 3. The van der Waals surface area contributed by atoms with Gasteiger partial charge in [-0.1, -0.05) is 0 Å². The van der Waals surface area contributed by atoms with E-state index in [0.29, 0.717) is 57.9 Å². The molecule has 292 valence electrons. The largest absolute Gasteiger partial charge is 0.504 e. The van der Waals surface area contributed by atoms with Gasteiger partial charge in [0.15, 0.2) is 40.1 Å². The maximum absolute atomic E-state index is 14.7. The van der Waals surface area contributed by atoms with E-state index in [-0.39, 0.29) is 59.9 Å². The lowest BCUT2D eigenvalue weighted by Crippen LogP contribution is -2.73. The molecule has 7 heterocycles. The van der Waals surface area contributed by atoms with Crippen molar-refractivity contribution in [2.45, 2.75) is 74.6 Å². The molecule has 8 aliphatic rings. The zero-order valence-corrected chi connectivity index (χ0v) is 32.5. The summed E-state index contributed by atoms with van der Waals surface area (Å²) in [6.07, 6.45) is 0.666. The third-order valence-corrected chi connectivity index (χ3v) is 14.1. The highest BCUT2D eigenvalue weighted by atomic mass is 32.2. The Kier molecular flexibility index (Phi) is 8.48. The van der Waals surface area contributed by atoms with E-state index in [1.54, 1.807) is 26.0 Å². The topological polar surface area (TPSA) is 186 Å². The molecule has 2 N–H and O–H groups in total. The molecule has 4 bridgehead atoms. The third-order valence-electron chi connectivity index (χ3n) is 12.6. The van der Waals surface area contributed by atoms with E-state index in [4.69, 9.17) is 28.4 Å². The van der Waals surface area contributed by atoms with E-state index >= 15 is 0 Å². The van der Waals surface area contributed by atoms with Gasteiger partial charge in [-0.3, -0.25) is 29.5 Å². The molecule has 0 aromatic heterocycles. The maximum Gasteiger partial charge on any atom is 0.331 e. The molecule has 15 nitrogen and oxygen atoms in total. The van der Waals surface area contributed by atoms with Crippen LogP contribution in [-0.4, -0.2) is 110 Å². The van der Waals surface area contributed by atoms with Crippen molar-refractivity contribution in [2.24, 2.45) is 0 Å². The molecule has 2 fully saturated rings. The van der Waals surface area contributed by atoms with E-state index in [2.05, 4.69) is 11.4 Å². The summed E-state index contributed by atoms with van der Waals surface area (Å²) < 4.78 is 35.7. The Labute approximate surface area is 326 Å². The molecular weight excluding hydrogens is 745 g/mol. The Morgan fingerprint density at radius 2 is 1.86 bits per heavy atom. The predicted octanol–water partition coefficient (Wildman–Crippen LogP) is 2.81. The number of methoxy groups -OCH3 is 2. The van der Waals surface area contributed by atoms with Crippen molar-refractivity contribution in [2.75, 3.05) is 47.0 Å². The average Bonchev–Trinajstić information content (AvgIpc) is 3.67. The molecule has 2 aromatic rings. The Morgan fingerprint density at radius 3 is 2.57 bits per heavy atom. The van der Waals surface area contributed by atoms with E-state index in [1.165, 1.54) is 32.9 Å². The number of aromatic hydroxyl groups is 1. The number of phenolic OH excluding ortho intramolecular Hbond substituents is 1. The van der Waals surface area contributed by atoms with Crippen LogP contribution in [-0.2, 0) is 40.6 Å². The molecule has 1 aliphatic carbocycles. The number of ketones is 2. The van der Waals surface area contributed by atoms with Crippen LogP contribution in [0.1, 0.15) is 59.4 Å². The molecule has 0 radical (unpaired) electrons. The van der Waals surface area contributed by atoms with Gasteiger partial charge in [0.2, 0.25) is 12.6 Å². The van der Waals surface area contributed by atoms with Gasteiger partial charge in [-0.2, -0.15) is 5.26 Å². The summed E-state index contributed by atoms with van der Waals surface area (Å²) in [5, 5.41) is 24.6. The highest BCUT2D eigenvalue weighted by Gasteiger charge is 2.63. The maximum atomic E-state index is 14.7. The Morgan fingerprint density at radius 1 is 1.09 bits per heavy atom. The lowest BCUT2D eigenvalue weighted by molar-refractivity contribution is -0.157. The molecule has 10 rings (SSSR count). The van der Waals surface area contributed by atoms with Gasteiger partial charge in [0.05, 0.1) is 37.6 Å². The van der Waals surface area contributed by atoms with Crippen molar-refractivity contribution >= 4 is 35.3 Å². The number of nitrogens with one attached hydrogen (secondary N) is 1. The number of hydrogen-bond donors (Lipinski definition) is 2. The number of phenols is 1. The molecule has 7 atom stereocenters. The van der Waals surface area contributed by atoms with Gasteiger partial charge in [-0.25, -0.2) is 4.79 Å². The second-order valence-electron chi connectivity index (χ2n) is 15.2. The van der Waals surface area contributed by atoms with Crippen LogP contribution in [0.4, 0.5) is 0 Å². The molecule has 2 aromatic carbocycles. The quantitative estimate of drug-likeness (QED) is 0.263. The number of ether oxygens (including phenoxy) is 6. The number of piperazine rings is 1. The summed E-state index contributed by atoms with van der Waals surface area (Å²) in [5.74, 6) is -0.609. The highest BCUT2D eigenvalue weighted by molar-refractivity contribution is 7.99. The van der Waals surface area contributed by atoms with Crippen molar-refractivity contribution in [3.63, 3.8) is 0 Å². The van der Waals surface area contributed by atoms with Crippen LogP contribution in [0.15, 0.2) is 34.6 Å². The molecule has 0 saturated carbocycles. The predicted molar refractivity (Wildman–Crippen MR) is 197 cm³/mol. The van der Waals surface area contributed by atoms with Crippen LogP contribution in [0, 0.1) is 18.3 Å². The van der Waals surface area contributed by atoms with Crippen LogP contribution in [0.25, 0.3) is 0 Å².